The lowest BCUT2D eigenvalue weighted by Crippen LogP contribution is -2.58. The summed E-state index contributed by atoms with van der Waals surface area (Å²) in [6, 6.07) is 0. The molecule has 9 heteroatoms. The van der Waals surface area contributed by atoms with Crippen molar-refractivity contribution in [1.82, 2.24) is 4.90 Å². The van der Waals surface area contributed by atoms with E-state index in [4.69, 9.17) is 14.2 Å². The summed E-state index contributed by atoms with van der Waals surface area (Å²) in [5, 5.41) is 22.1. The summed E-state index contributed by atoms with van der Waals surface area (Å²) in [6.07, 6.45) is 9.15. The second kappa shape index (κ2) is 13.9. The van der Waals surface area contributed by atoms with Gasteiger partial charge in [-0.3, -0.25) is 19.3 Å². The Balaban J connectivity index is 1.31. The number of fused-ring (bicyclic) bond motifs is 5. The van der Waals surface area contributed by atoms with Gasteiger partial charge >= 0.3 is 17.9 Å². The first kappa shape index (κ1) is 33.2. The third kappa shape index (κ3) is 6.83. The number of aliphatic hydroxyl groups excluding tert-OH is 2. The molecular weight excluding hydrogens is 538 g/mol. The second-order valence-corrected chi connectivity index (χ2v) is 14.3. The number of hydrogen-bond acceptors (Lipinski definition) is 9. The Kier molecular flexibility index (Phi) is 11.0. The highest BCUT2D eigenvalue weighted by molar-refractivity contribution is 5.70. The van der Waals surface area contributed by atoms with Gasteiger partial charge in [-0.1, -0.05) is 20.8 Å². The molecule has 1 unspecified atom stereocenters. The van der Waals surface area contributed by atoms with Crippen molar-refractivity contribution in [2.45, 2.75) is 110 Å². The van der Waals surface area contributed by atoms with E-state index in [9.17, 15) is 24.6 Å². The van der Waals surface area contributed by atoms with Crippen molar-refractivity contribution in [3.05, 3.63) is 0 Å². The van der Waals surface area contributed by atoms with Gasteiger partial charge in [0.1, 0.15) is 6.73 Å². The third-order valence-electron chi connectivity index (χ3n) is 12.4. The molecule has 2 N–H and O–H groups in total. The SMILES string of the molecule is COC(=O)CCN(CCC(=O)OC)COC(=O)CC[C@@H](C)[C@H]1CC[C@H]2[C@@H]3CC[C@@H]4CC(O)CC[C@]4(C)[C@H]3C[C@H](O)[C@]12C. The standard InChI is InChI=1S/C33H55NO8/c1-21(6-11-31(39)42-20-34(16-13-29(37)40-4)17-14-30(38)41-5)25-9-10-26-24-8-7-22-18-23(35)12-15-32(22,2)27(24)19-28(36)33(25,26)3/h21-28,35-36H,6-20H2,1-5H3/t21-,22-,23?,24+,25-,26+,27+,28+,32+,33-/m1/s1. The molecule has 0 aromatic rings. The van der Waals surface area contributed by atoms with Crippen molar-refractivity contribution >= 4 is 17.9 Å². The Hall–Kier alpha value is -1.71. The van der Waals surface area contributed by atoms with Gasteiger partial charge in [0, 0.05) is 19.5 Å². The quantitative estimate of drug-likeness (QED) is 0.193. The molecule has 0 heterocycles. The van der Waals surface area contributed by atoms with E-state index in [1.807, 2.05) is 0 Å². The molecule has 42 heavy (non-hydrogen) atoms. The van der Waals surface area contributed by atoms with Crippen molar-refractivity contribution in [2.75, 3.05) is 34.0 Å². The average molecular weight is 594 g/mol. The van der Waals surface area contributed by atoms with Crippen LogP contribution in [0.2, 0.25) is 0 Å². The summed E-state index contributed by atoms with van der Waals surface area (Å²) in [5.74, 6) is 1.87. The number of aliphatic hydroxyl groups is 2. The van der Waals surface area contributed by atoms with Gasteiger partial charge in [0.2, 0.25) is 0 Å². The van der Waals surface area contributed by atoms with E-state index < -0.39 is 0 Å². The number of esters is 3. The van der Waals surface area contributed by atoms with Crippen molar-refractivity contribution in [1.29, 1.82) is 0 Å². The van der Waals surface area contributed by atoms with Crippen LogP contribution in [-0.2, 0) is 28.6 Å². The van der Waals surface area contributed by atoms with E-state index >= 15 is 0 Å². The lowest BCUT2D eigenvalue weighted by atomic mass is 9.43. The van der Waals surface area contributed by atoms with Gasteiger partial charge in [-0.15, -0.1) is 0 Å². The number of ether oxygens (including phenoxy) is 3. The van der Waals surface area contributed by atoms with Crippen LogP contribution < -0.4 is 0 Å². The molecule has 0 bridgehead atoms. The molecule has 240 valence electrons. The van der Waals surface area contributed by atoms with Crippen molar-refractivity contribution in [3.63, 3.8) is 0 Å². The Bertz CT molecular complexity index is 938. The molecule has 0 aliphatic heterocycles. The molecule has 9 nitrogen and oxygen atoms in total. The minimum atomic E-state index is -0.363. The minimum absolute atomic E-state index is 0.00297. The topological polar surface area (TPSA) is 123 Å². The lowest BCUT2D eigenvalue weighted by molar-refractivity contribution is -0.175. The Labute approximate surface area is 252 Å². The molecule has 4 aliphatic carbocycles. The highest BCUT2D eigenvalue weighted by atomic mass is 16.5. The van der Waals surface area contributed by atoms with Gasteiger partial charge in [0.25, 0.3) is 0 Å². The van der Waals surface area contributed by atoms with Crippen molar-refractivity contribution in [2.24, 2.45) is 46.3 Å². The molecule has 4 aliphatic rings. The van der Waals surface area contributed by atoms with E-state index in [1.165, 1.54) is 27.1 Å². The maximum Gasteiger partial charge on any atom is 0.307 e. The summed E-state index contributed by atoms with van der Waals surface area (Å²) in [4.78, 5) is 37.7. The normalized spacial score (nSPS) is 38.1. The van der Waals surface area contributed by atoms with E-state index in [2.05, 4.69) is 20.8 Å². The Morgan fingerprint density at radius 2 is 1.52 bits per heavy atom. The molecule has 10 atom stereocenters. The first-order valence-corrected chi connectivity index (χ1v) is 16.3. The van der Waals surface area contributed by atoms with Crippen LogP contribution in [0.25, 0.3) is 0 Å². The number of nitrogens with zero attached hydrogens (tertiary/aromatic N) is 1. The van der Waals surface area contributed by atoms with Crippen LogP contribution in [-0.4, -0.2) is 79.3 Å². The van der Waals surface area contributed by atoms with Gasteiger partial charge in [-0.25, -0.2) is 0 Å². The number of methoxy groups -OCH3 is 2. The third-order valence-corrected chi connectivity index (χ3v) is 12.4. The fourth-order valence-electron chi connectivity index (χ4n) is 9.89. The molecule has 4 saturated carbocycles. The smallest absolute Gasteiger partial charge is 0.307 e. The van der Waals surface area contributed by atoms with E-state index in [0.717, 1.165) is 38.5 Å². The first-order valence-electron chi connectivity index (χ1n) is 16.3. The summed E-state index contributed by atoms with van der Waals surface area (Å²) in [5.41, 5.74) is 0.0833. The van der Waals surface area contributed by atoms with Gasteiger partial charge in [-0.2, -0.15) is 0 Å². The summed E-state index contributed by atoms with van der Waals surface area (Å²) >= 11 is 0. The zero-order valence-electron chi connectivity index (χ0n) is 26.5. The van der Waals surface area contributed by atoms with Crippen LogP contribution in [0.4, 0.5) is 0 Å². The molecule has 0 radical (unpaired) electrons. The molecule has 4 rings (SSSR count). The van der Waals surface area contributed by atoms with E-state index in [0.29, 0.717) is 55.5 Å². The van der Waals surface area contributed by atoms with Gasteiger partial charge in [0.05, 0.1) is 39.3 Å². The average Bonchev–Trinajstić information content (AvgIpc) is 3.34. The fourth-order valence-corrected chi connectivity index (χ4v) is 9.89. The second-order valence-electron chi connectivity index (χ2n) is 14.3. The molecule has 0 aromatic heterocycles. The van der Waals surface area contributed by atoms with Crippen LogP contribution in [0.3, 0.4) is 0 Å². The molecule has 0 amide bonds. The Morgan fingerprint density at radius 3 is 2.17 bits per heavy atom. The number of hydrogen-bond donors (Lipinski definition) is 2. The summed E-state index contributed by atoms with van der Waals surface area (Å²) in [6.45, 7) is 7.63. The van der Waals surface area contributed by atoms with Gasteiger partial charge in [0.15, 0.2) is 0 Å². The zero-order valence-corrected chi connectivity index (χ0v) is 26.5. The highest BCUT2D eigenvalue weighted by Gasteiger charge is 2.63. The van der Waals surface area contributed by atoms with Gasteiger partial charge in [-0.05, 0) is 104 Å². The Morgan fingerprint density at radius 1 is 0.857 bits per heavy atom. The minimum Gasteiger partial charge on any atom is -0.469 e. The predicted molar refractivity (Wildman–Crippen MR) is 157 cm³/mol. The molecule has 0 saturated heterocycles. The lowest BCUT2D eigenvalue weighted by Gasteiger charge is -2.62. The predicted octanol–water partition coefficient (Wildman–Crippen LogP) is 4.32. The molecular formula is C33H55NO8. The molecule has 0 spiro atoms. The zero-order chi connectivity index (χ0) is 30.7. The van der Waals surface area contributed by atoms with E-state index in [-0.39, 0.29) is 66.4 Å². The largest absolute Gasteiger partial charge is 0.469 e. The number of carbonyl (C=O) groups excluding carboxylic acids is 3. The fraction of sp³-hybridized carbons (Fsp3) is 0.909. The number of carbonyl (C=O) groups is 3. The first-order chi connectivity index (χ1) is 19.9. The van der Waals surface area contributed by atoms with Crippen LogP contribution in [0.1, 0.15) is 97.8 Å². The maximum absolute atomic E-state index is 12.8. The monoisotopic (exact) mass is 593 g/mol. The molecule has 0 aromatic carbocycles. The summed E-state index contributed by atoms with van der Waals surface area (Å²) in [7, 11) is 2.65. The molecule has 4 fully saturated rings. The van der Waals surface area contributed by atoms with Crippen LogP contribution >= 0.6 is 0 Å². The van der Waals surface area contributed by atoms with E-state index in [1.54, 1.807) is 4.90 Å². The summed E-state index contributed by atoms with van der Waals surface area (Å²) < 4.78 is 15.0. The van der Waals surface area contributed by atoms with Crippen molar-refractivity contribution < 1.29 is 38.8 Å². The maximum atomic E-state index is 12.8. The highest BCUT2D eigenvalue weighted by Crippen LogP contribution is 2.68. The number of rotatable bonds is 12. The van der Waals surface area contributed by atoms with Crippen LogP contribution in [0, 0.1) is 46.3 Å². The van der Waals surface area contributed by atoms with Crippen molar-refractivity contribution in [3.8, 4) is 0 Å². The van der Waals surface area contributed by atoms with Crippen LogP contribution in [0.15, 0.2) is 0 Å². The van der Waals surface area contributed by atoms with Gasteiger partial charge < -0.3 is 24.4 Å². The van der Waals surface area contributed by atoms with Crippen LogP contribution in [0.5, 0.6) is 0 Å².